The lowest BCUT2D eigenvalue weighted by molar-refractivity contribution is -0.332. The smallest absolute Gasteiger partial charge is 0.306 e. The van der Waals surface area contributed by atoms with E-state index in [9.17, 15) is 45.3 Å². The van der Waals surface area contributed by atoms with Crippen molar-refractivity contribution in [1.29, 1.82) is 0 Å². The molecular weight excluding hydrogens is 805 g/mol. The number of carbonyl (C=O) groups is 2. The summed E-state index contributed by atoms with van der Waals surface area (Å²) in [5, 5.41) is 71.8. The molecule has 2 aliphatic rings. The molecule has 0 aromatic rings. The largest absolute Gasteiger partial charge is 0.462 e. The second kappa shape index (κ2) is 34.6. The number of aliphatic hydroxyl groups is 7. The first-order valence-electron chi connectivity index (χ1n) is 22.9. The van der Waals surface area contributed by atoms with Gasteiger partial charge in [0.15, 0.2) is 18.7 Å². The summed E-state index contributed by atoms with van der Waals surface area (Å²) in [6.07, 6.45) is 20.0. The standard InChI is InChI=1S/C47H78O15/c1-3-5-7-9-11-13-14-15-16-17-18-19-20-22-23-25-27-29-38(49)57-32-35(60-39(50)30-28-26-24-21-12-10-8-6-4-2)33-58-46-45(56)43(54)41(52)37(62-46)34-59-47-44(55)42(53)40(51)36(31-48)61-47/h5,7,11,13,15-16,18-19,22-23,35-37,40-48,51-56H,3-4,6,8-10,12,14,17,20-21,24-34H2,1-2H3/b7-5+,13-11+,16-15+,19-18+,23-22+/t35-,36+,37+,40-,41-,42?,43?,44?,45?,46+,47+/m0/s1. The van der Waals surface area contributed by atoms with Crippen molar-refractivity contribution >= 4 is 11.9 Å². The van der Waals surface area contributed by atoms with Crippen molar-refractivity contribution in [3.8, 4) is 0 Å². The maximum Gasteiger partial charge on any atom is 0.306 e. The highest BCUT2D eigenvalue weighted by molar-refractivity contribution is 5.70. The summed E-state index contributed by atoms with van der Waals surface area (Å²) in [5.41, 5.74) is 0. The van der Waals surface area contributed by atoms with E-state index in [2.05, 4.69) is 62.5 Å². The molecule has 15 heteroatoms. The van der Waals surface area contributed by atoms with Gasteiger partial charge in [0, 0.05) is 12.8 Å². The summed E-state index contributed by atoms with van der Waals surface area (Å²) in [4.78, 5) is 25.5. The molecule has 2 rings (SSSR count). The van der Waals surface area contributed by atoms with Crippen LogP contribution in [0.3, 0.4) is 0 Å². The van der Waals surface area contributed by atoms with E-state index in [1.165, 1.54) is 32.1 Å². The molecule has 2 fully saturated rings. The van der Waals surface area contributed by atoms with Crippen molar-refractivity contribution in [1.82, 2.24) is 0 Å². The SMILES string of the molecule is CC/C=C/C/C=C/C/C=C/C/C=C/C/C=C/CCCC(=O)OC[C@@H](CO[C@@H]1O[C@H](CO[C@@H]2O[C@H](CO)[C@H](O)C(O)C2O)[C@H](O)C(O)C1O)OC(=O)CCCCCCCCCCC. The first-order chi connectivity index (χ1) is 30.0. The van der Waals surface area contributed by atoms with E-state index in [1.807, 2.05) is 12.2 Å². The Balaban J connectivity index is 1.86. The Morgan fingerprint density at radius 3 is 1.58 bits per heavy atom. The van der Waals surface area contributed by atoms with Gasteiger partial charge in [0.05, 0.1) is 19.8 Å². The van der Waals surface area contributed by atoms with Gasteiger partial charge in [-0.15, -0.1) is 0 Å². The summed E-state index contributed by atoms with van der Waals surface area (Å²) < 4.78 is 33.3. The second-order valence-electron chi connectivity index (χ2n) is 15.9. The molecule has 0 aromatic carbocycles. The van der Waals surface area contributed by atoms with Gasteiger partial charge in [-0.1, -0.05) is 126 Å². The van der Waals surface area contributed by atoms with Gasteiger partial charge in [-0.05, 0) is 51.4 Å². The van der Waals surface area contributed by atoms with Crippen LogP contribution in [0, 0.1) is 0 Å². The summed E-state index contributed by atoms with van der Waals surface area (Å²) in [6.45, 7) is 2.35. The number of ether oxygens (including phenoxy) is 6. The molecule has 0 spiro atoms. The van der Waals surface area contributed by atoms with E-state index < -0.39 is 99.3 Å². The Bertz CT molecular complexity index is 1320. The molecule has 7 N–H and O–H groups in total. The van der Waals surface area contributed by atoms with Gasteiger partial charge in [0.25, 0.3) is 0 Å². The lowest BCUT2D eigenvalue weighted by atomic mass is 9.98. The number of hydrogen-bond acceptors (Lipinski definition) is 15. The average Bonchev–Trinajstić information content (AvgIpc) is 3.26. The topological polar surface area (TPSA) is 231 Å². The molecule has 0 saturated carbocycles. The van der Waals surface area contributed by atoms with E-state index >= 15 is 0 Å². The Kier molecular flexibility index (Phi) is 30.9. The summed E-state index contributed by atoms with van der Waals surface area (Å²) in [5.74, 6) is -1.00. The maximum atomic E-state index is 12.9. The minimum absolute atomic E-state index is 0.138. The fourth-order valence-corrected chi connectivity index (χ4v) is 6.72. The zero-order valence-corrected chi connectivity index (χ0v) is 37.1. The third kappa shape index (κ3) is 23.2. The number of carbonyl (C=O) groups excluding carboxylic acids is 2. The minimum Gasteiger partial charge on any atom is -0.462 e. The van der Waals surface area contributed by atoms with Crippen LogP contribution in [-0.4, -0.2) is 142 Å². The quantitative estimate of drug-likeness (QED) is 0.0263. The van der Waals surface area contributed by atoms with Gasteiger partial charge < -0.3 is 64.2 Å². The lowest BCUT2D eigenvalue weighted by Gasteiger charge is -2.42. The van der Waals surface area contributed by atoms with Crippen molar-refractivity contribution in [2.75, 3.05) is 26.4 Å². The number of aliphatic hydroxyl groups excluding tert-OH is 7. The Hall–Kier alpha value is -2.80. The molecule has 0 aliphatic carbocycles. The Morgan fingerprint density at radius 2 is 1.02 bits per heavy atom. The number of hydrogen-bond donors (Lipinski definition) is 7. The highest BCUT2D eigenvalue weighted by Gasteiger charge is 2.47. The highest BCUT2D eigenvalue weighted by atomic mass is 16.7. The molecule has 0 amide bonds. The number of unbranched alkanes of at least 4 members (excludes halogenated alkanes) is 9. The van der Waals surface area contributed by atoms with Crippen molar-refractivity contribution in [3.05, 3.63) is 60.8 Å². The molecule has 4 unspecified atom stereocenters. The molecule has 2 saturated heterocycles. The van der Waals surface area contributed by atoms with Gasteiger partial charge in [-0.3, -0.25) is 9.59 Å². The van der Waals surface area contributed by atoms with Crippen LogP contribution in [0.4, 0.5) is 0 Å². The molecule has 62 heavy (non-hydrogen) atoms. The lowest BCUT2D eigenvalue weighted by Crippen LogP contribution is -2.61. The second-order valence-corrected chi connectivity index (χ2v) is 15.9. The number of allylic oxidation sites excluding steroid dienone is 10. The van der Waals surface area contributed by atoms with Crippen molar-refractivity contribution < 1.29 is 73.8 Å². The first kappa shape index (κ1) is 55.3. The van der Waals surface area contributed by atoms with Crippen LogP contribution in [0.15, 0.2) is 60.8 Å². The predicted molar refractivity (Wildman–Crippen MR) is 233 cm³/mol. The summed E-state index contributed by atoms with van der Waals surface area (Å²) >= 11 is 0. The zero-order valence-electron chi connectivity index (χ0n) is 37.1. The van der Waals surface area contributed by atoms with E-state index in [0.29, 0.717) is 19.3 Å². The molecule has 0 aromatic heterocycles. The Labute approximate surface area is 369 Å². The van der Waals surface area contributed by atoms with Crippen LogP contribution in [0.5, 0.6) is 0 Å². The van der Waals surface area contributed by atoms with Crippen LogP contribution in [-0.2, 0) is 38.0 Å². The number of rotatable bonds is 33. The van der Waals surface area contributed by atoms with Crippen LogP contribution < -0.4 is 0 Å². The molecule has 0 radical (unpaired) electrons. The van der Waals surface area contributed by atoms with Crippen LogP contribution >= 0.6 is 0 Å². The molecule has 356 valence electrons. The van der Waals surface area contributed by atoms with E-state index in [-0.39, 0.29) is 19.4 Å². The minimum atomic E-state index is -1.77. The van der Waals surface area contributed by atoms with Gasteiger partial charge in [0.2, 0.25) is 0 Å². The first-order valence-corrected chi connectivity index (χ1v) is 22.9. The third-order valence-electron chi connectivity index (χ3n) is 10.5. The molecule has 15 nitrogen and oxygen atoms in total. The zero-order chi connectivity index (χ0) is 45.4. The van der Waals surface area contributed by atoms with E-state index in [1.54, 1.807) is 0 Å². The maximum absolute atomic E-state index is 12.9. The Morgan fingerprint density at radius 1 is 0.532 bits per heavy atom. The molecule has 2 heterocycles. The van der Waals surface area contributed by atoms with E-state index in [4.69, 9.17) is 28.4 Å². The average molecular weight is 883 g/mol. The fraction of sp³-hybridized carbons (Fsp3) is 0.745. The van der Waals surface area contributed by atoms with Gasteiger partial charge in [0.1, 0.15) is 55.4 Å². The van der Waals surface area contributed by atoms with Crippen LogP contribution in [0.1, 0.15) is 129 Å². The molecule has 0 bridgehead atoms. The summed E-state index contributed by atoms with van der Waals surface area (Å²) in [6, 6.07) is 0. The predicted octanol–water partition coefficient (Wildman–Crippen LogP) is 4.92. The van der Waals surface area contributed by atoms with Crippen molar-refractivity contribution in [2.24, 2.45) is 0 Å². The van der Waals surface area contributed by atoms with Gasteiger partial charge >= 0.3 is 11.9 Å². The number of esters is 2. The van der Waals surface area contributed by atoms with Crippen molar-refractivity contribution in [3.63, 3.8) is 0 Å². The van der Waals surface area contributed by atoms with Crippen LogP contribution in [0.25, 0.3) is 0 Å². The molecule has 11 atom stereocenters. The third-order valence-corrected chi connectivity index (χ3v) is 10.5. The summed E-state index contributed by atoms with van der Waals surface area (Å²) in [7, 11) is 0. The van der Waals surface area contributed by atoms with Crippen molar-refractivity contribution in [2.45, 2.75) is 197 Å². The normalized spacial score (nSPS) is 27.6. The highest BCUT2D eigenvalue weighted by Crippen LogP contribution is 2.26. The fourth-order valence-electron chi connectivity index (χ4n) is 6.72. The monoisotopic (exact) mass is 883 g/mol. The molecule has 2 aliphatic heterocycles. The van der Waals surface area contributed by atoms with Crippen LogP contribution in [0.2, 0.25) is 0 Å². The van der Waals surface area contributed by atoms with E-state index in [0.717, 1.165) is 51.4 Å². The van der Waals surface area contributed by atoms with Gasteiger partial charge in [-0.2, -0.15) is 0 Å². The van der Waals surface area contributed by atoms with Gasteiger partial charge in [-0.25, -0.2) is 0 Å². The molecular formula is C47H78O15.